The standard InChI is InChI=1S/C20H12F3NS/c21-11-16-8-15(10-19(23)20(16)25-12-24)17-7-6-14(9-18(17)22)13-4-2-1-3-5-13/h1-10H,11H2. The normalized spacial score (nSPS) is 10.5. The molecule has 0 radical (unpaired) electrons. The average molecular weight is 355 g/mol. The number of rotatable bonds is 4. The Morgan fingerprint density at radius 3 is 2.20 bits per heavy atom. The number of benzene rings is 3. The molecule has 0 aliphatic heterocycles. The van der Waals surface area contributed by atoms with E-state index in [2.05, 4.69) is 0 Å². The first-order chi connectivity index (χ1) is 12.1. The van der Waals surface area contributed by atoms with Crippen molar-refractivity contribution in [1.82, 2.24) is 0 Å². The van der Waals surface area contributed by atoms with Gasteiger partial charge < -0.3 is 0 Å². The highest BCUT2D eigenvalue weighted by molar-refractivity contribution is 8.03. The number of nitrogens with zero attached hydrogens (tertiary/aromatic N) is 1. The van der Waals surface area contributed by atoms with Gasteiger partial charge in [-0.15, -0.1) is 0 Å². The number of hydrogen-bond acceptors (Lipinski definition) is 2. The van der Waals surface area contributed by atoms with Crippen molar-refractivity contribution in [1.29, 1.82) is 5.26 Å². The number of halogens is 3. The van der Waals surface area contributed by atoms with Crippen molar-refractivity contribution in [3.63, 3.8) is 0 Å². The van der Waals surface area contributed by atoms with Crippen LogP contribution in [-0.4, -0.2) is 0 Å². The molecular weight excluding hydrogens is 343 g/mol. The Labute approximate surface area is 147 Å². The predicted molar refractivity (Wildman–Crippen MR) is 93.5 cm³/mol. The molecule has 0 aromatic heterocycles. The topological polar surface area (TPSA) is 23.8 Å². The fourth-order valence-corrected chi connectivity index (χ4v) is 3.12. The van der Waals surface area contributed by atoms with Gasteiger partial charge in [-0.1, -0.05) is 42.5 Å². The van der Waals surface area contributed by atoms with E-state index in [0.29, 0.717) is 17.3 Å². The molecule has 0 saturated heterocycles. The molecule has 0 saturated carbocycles. The Morgan fingerprint density at radius 1 is 0.840 bits per heavy atom. The monoisotopic (exact) mass is 355 g/mol. The van der Waals surface area contributed by atoms with Gasteiger partial charge in [-0.3, -0.25) is 0 Å². The van der Waals surface area contributed by atoms with Crippen LogP contribution in [0, 0.1) is 22.3 Å². The Morgan fingerprint density at radius 2 is 1.56 bits per heavy atom. The fourth-order valence-electron chi connectivity index (χ4n) is 2.62. The van der Waals surface area contributed by atoms with Crippen LogP contribution in [0.15, 0.2) is 65.6 Å². The minimum atomic E-state index is -0.932. The quantitative estimate of drug-likeness (QED) is 0.403. The van der Waals surface area contributed by atoms with Crippen LogP contribution in [-0.2, 0) is 6.67 Å². The first kappa shape index (κ1) is 17.1. The third kappa shape index (κ3) is 3.54. The first-order valence-corrected chi connectivity index (χ1v) is 8.25. The lowest BCUT2D eigenvalue weighted by molar-refractivity contribution is 0.473. The summed E-state index contributed by atoms with van der Waals surface area (Å²) in [6.45, 7) is -0.932. The molecule has 0 bridgehead atoms. The summed E-state index contributed by atoms with van der Waals surface area (Å²) in [6, 6.07) is 16.5. The number of alkyl halides is 1. The average Bonchev–Trinajstić information content (AvgIpc) is 2.64. The zero-order valence-corrected chi connectivity index (χ0v) is 13.8. The number of hydrogen-bond donors (Lipinski definition) is 0. The Kier molecular flexibility index (Phi) is 5.11. The highest BCUT2D eigenvalue weighted by Crippen LogP contribution is 2.34. The third-order valence-electron chi connectivity index (χ3n) is 3.80. The molecule has 3 rings (SSSR count). The van der Waals surface area contributed by atoms with Crippen LogP contribution in [0.1, 0.15) is 5.56 Å². The predicted octanol–water partition coefficient (Wildman–Crippen LogP) is 6.34. The zero-order valence-electron chi connectivity index (χ0n) is 13.0. The van der Waals surface area contributed by atoms with E-state index in [4.69, 9.17) is 5.26 Å². The van der Waals surface area contributed by atoms with Gasteiger partial charge >= 0.3 is 0 Å². The third-order valence-corrected chi connectivity index (χ3v) is 4.55. The second-order valence-corrected chi connectivity index (χ2v) is 6.13. The zero-order chi connectivity index (χ0) is 17.8. The number of thioether (sulfide) groups is 1. The van der Waals surface area contributed by atoms with Gasteiger partial charge in [-0.2, -0.15) is 5.26 Å². The van der Waals surface area contributed by atoms with Crippen molar-refractivity contribution in [2.45, 2.75) is 11.6 Å². The highest BCUT2D eigenvalue weighted by Gasteiger charge is 2.15. The summed E-state index contributed by atoms with van der Waals surface area (Å²) in [5, 5.41) is 10.4. The smallest absolute Gasteiger partial charge is 0.138 e. The van der Waals surface area contributed by atoms with E-state index in [0.717, 1.165) is 11.6 Å². The molecular formula is C20H12F3NS. The molecule has 1 nitrogen and oxygen atoms in total. The SMILES string of the molecule is N#CSc1c(F)cc(-c2ccc(-c3ccccc3)cc2F)cc1CF. The van der Waals surface area contributed by atoms with E-state index in [1.54, 1.807) is 17.5 Å². The number of nitriles is 1. The van der Waals surface area contributed by atoms with Crippen molar-refractivity contribution in [2.75, 3.05) is 0 Å². The fraction of sp³-hybridized carbons (Fsp3) is 0.0500. The van der Waals surface area contributed by atoms with Gasteiger partial charge in [0.2, 0.25) is 0 Å². The van der Waals surface area contributed by atoms with Gasteiger partial charge in [-0.05, 0) is 46.7 Å². The van der Waals surface area contributed by atoms with Crippen LogP contribution in [0.2, 0.25) is 0 Å². The van der Waals surface area contributed by atoms with Crippen LogP contribution in [0.4, 0.5) is 13.2 Å². The lowest BCUT2D eigenvalue weighted by atomic mass is 9.98. The van der Waals surface area contributed by atoms with Crippen LogP contribution >= 0.6 is 11.8 Å². The van der Waals surface area contributed by atoms with E-state index in [1.165, 1.54) is 12.1 Å². The molecule has 0 amide bonds. The van der Waals surface area contributed by atoms with Crippen LogP contribution in [0.5, 0.6) is 0 Å². The Hall–Kier alpha value is -2.71. The van der Waals surface area contributed by atoms with Gasteiger partial charge in [0.15, 0.2) is 0 Å². The molecule has 3 aromatic rings. The molecule has 25 heavy (non-hydrogen) atoms. The Bertz CT molecular complexity index is 949. The van der Waals surface area contributed by atoms with Crippen molar-refractivity contribution >= 4 is 11.8 Å². The second kappa shape index (κ2) is 7.45. The minimum absolute atomic E-state index is 0.0353. The molecule has 0 unspecified atom stereocenters. The summed E-state index contributed by atoms with van der Waals surface area (Å²) in [5.41, 5.74) is 2.02. The summed E-state index contributed by atoms with van der Waals surface area (Å²) in [4.78, 5) is -0.0601. The summed E-state index contributed by atoms with van der Waals surface area (Å²) >= 11 is 0.558. The van der Waals surface area contributed by atoms with Gasteiger partial charge in [0.25, 0.3) is 0 Å². The summed E-state index contributed by atoms with van der Waals surface area (Å²) in [7, 11) is 0. The Balaban J connectivity index is 2.05. The van der Waals surface area contributed by atoms with Gasteiger partial charge in [0.05, 0.1) is 4.90 Å². The number of thiocyanates is 1. The van der Waals surface area contributed by atoms with E-state index >= 15 is 0 Å². The van der Waals surface area contributed by atoms with Crippen LogP contribution in [0.3, 0.4) is 0 Å². The van der Waals surface area contributed by atoms with Crippen molar-refractivity contribution in [3.05, 3.63) is 77.9 Å². The van der Waals surface area contributed by atoms with Crippen LogP contribution in [0.25, 0.3) is 22.3 Å². The van der Waals surface area contributed by atoms with E-state index in [-0.39, 0.29) is 21.6 Å². The highest BCUT2D eigenvalue weighted by atomic mass is 32.2. The molecule has 0 aliphatic rings. The van der Waals surface area contributed by atoms with Gasteiger partial charge in [-0.25, -0.2) is 13.2 Å². The largest absolute Gasteiger partial charge is 0.246 e. The van der Waals surface area contributed by atoms with Crippen molar-refractivity contribution in [2.24, 2.45) is 0 Å². The minimum Gasteiger partial charge on any atom is -0.246 e. The van der Waals surface area contributed by atoms with Gasteiger partial charge in [0, 0.05) is 11.1 Å². The molecule has 0 atom stereocenters. The summed E-state index contributed by atoms with van der Waals surface area (Å²) in [6.07, 6.45) is 0. The molecule has 5 heteroatoms. The molecule has 0 heterocycles. The molecule has 0 spiro atoms. The van der Waals surface area contributed by atoms with Gasteiger partial charge in [0.1, 0.15) is 23.7 Å². The van der Waals surface area contributed by atoms with E-state index in [9.17, 15) is 13.2 Å². The summed E-state index contributed by atoms with van der Waals surface area (Å²) < 4.78 is 41.9. The maximum Gasteiger partial charge on any atom is 0.138 e. The molecule has 3 aromatic carbocycles. The summed E-state index contributed by atoms with van der Waals surface area (Å²) in [5.74, 6) is -1.26. The van der Waals surface area contributed by atoms with E-state index < -0.39 is 18.3 Å². The maximum atomic E-state index is 14.6. The second-order valence-electron chi connectivity index (χ2n) is 5.33. The molecule has 0 fully saturated rings. The van der Waals surface area contributed by atoms with E-state index in [1.807, 2.05) is 30.3 Å². The first-order valence-electron chi connectivity index (χ1n) is 7.43. The molecule has 0 aliphatic carbocycles. The maximum absolute atomic E-state index is 14.6. The lowest BCUT2D eigenvalue weighted by Gasteiger charge is -2.11. The lowest BCUT2D eigenvalue weighted by Crippen LogP contribution is -1.94. The molecule has 124 valence electrons. The van der Waals surface area contributed by atoms with Crippen molar-refractivity contribution in [3.8, 4) is 27.7 Å². The van der Waals surface area contributed by atoms with Crippen molar-refractivity contribution < 1.29 is 13.2 Å². The van der Waals surface area contributed by atoms with Crippen LogP contribution < -0.4 is 0 Å². The molecule has 0 N–H and O–H groups in total.